The molecule has 0 saturated heterocycles. The quantitative estimate of drug-likeness (QED) is 0.541. The third kappa shape index (κ3) is 9.64. The Hall–Kier alpha value is -0.0400. The highest BCUT2D eigenvalue weighted by Crippen LogP contribution is 2.22. The van der Waals surface area contributed by atoms with Gasteiger partial charge in [0.15, 0.2) is 0 Å². The second-order valence-electron chi connectivity index (χ2n) is 5.65. The molecular formula is C16H34O. The Morgan fingerprint density at radius 2 is 1.65 bits per heavy atom. The van der Waals surface area contributed by atoms with Gasteiger partial charge in [0, 0.05) is 6.61 Å². The minimum Gasteiger partial charge on any atom is -0.378 e. The number of ether oxygens (including phenoxy) is 1. The summed E-state index contributed by atoms with van der Waals surface area (Å²) in [5.41, 5.74) is 0. The fourth-order valence-corrected chi connectivity index (χ4v) is 2.66. The average Bonchev–Trinajstić information content (AvgIpc) is 2.79. The van der Waals surface area contributed by atoms with Gasteiger partial charge < -0.3 is 4.74 Å². The van der Waals surface area contributed by atoms with Gasteiger partial charge in [-0.05, 0) is 43.9 Å². The lowest BCUT2D eigenvalue weighted by Crippen LogP contribution is -2.09. The Balaban J connectivity index is 0.00000121. The molecule has 1 atom stereocenters. The molecule has 0 N–H and O–H groups in total. The van der Waals surface area contributed by atoms with Crippen molar-refractivity contribution in [1.82, 2.24) is 0 Å². The van der Waals surface area contributed by atoms with Gasteiger partial charge in [-0.15, -0.1) is 0 Å². The molecule has 1 heteroatoms. The van der Waals surface area contributed by atoms with Crippen LogP contribution >= 0.6 is 0 Å². The predicted molar refractivity (Wildman–Crippen MR) is 77.4 cm³/mol. The molecular weight excluding hydrogens is 208 g/mol. The van der Waals surface area contributed by atoms with Crippen molar-refractivity contribution < 1.29 is 4.74 Å². The van der Waals surface area contributed by atoms with E-state index in [2.05, 4.69) is 20.8 Å². The highest BCUT2D eigenvalue weighted by Gasteiger charge is 2.14. The van der Waals surface area contributed by atoms with E-state index in [4.69, 9.17) is 4.74 Å². The maximum Gasteiger partial charge on any atom is 0.0575 e. The zero-order valence-electron chi connectivity index (χ0n) is 12.8. The Morgan fingerprint density at radius 1 is 1.06 bits per heavy atom. The summed E-state index contributed by atoms with van der Waals surface area (Å²) in [5, 5.41) is 0. The summed E-state index contributed by atoms with van der Waals surface area (Å²) < 4.78 is 5.86. The van der Waals surface area contributed by atoms with Crippen LogP contribution in [-0.4, -0.2) is 12.7 Å². The molecule has 0 heterocycles. The smallest absolute Gasteiger partial charge is 0.0575 e. The highest BCUT2D eigenvalue weighted by atomic mass is 16.5. The molecule has 0 aromatic carbocycles. The van der Waals surface area contributed by atoms with Gasteiger partial charge in [-0.2, -0.15) is 0 Å². The van der Waals surface area contributed by atoms with Crippen molar-refractivity contribution in [2.75, 3.05) is 6.61 Å². The lowest BCUT2D eigenvalue weighted by molar-refractivity contribution is 0.0538. The Kier molecular flexibility index (Phi) is 11.0. The summed E-state index contributed by atoms with van der Waals surface area (Å²) in [4.78, 5) is 0. The van der Waals surface area contributed by atoms with E-state index in [0.29, 0.717) is 6.10 Å². The number of hydrogen-bond donors (Lipinski definition) is 0. The van der Waals surface area contributed by atoms with Crippen molar-refractivity contribution in [3.05, 3.63) is 0 Å². The summed E-state index contributed by atoms with van der Waals surface area (Å²) in [7, 11) is 0. The predicted octanol–water partition coefficient (Wildman–Crippen LogP) is 5.43. The molecule has 0 aromatic heterocycles. The van der Waals surface area contributed by atoms with Gasteiger partial charge in [-0.3, -0.25) is 0 Å². The minimum atomic E-state index is 0.602. The molecule has 0 unspecified atom stereocenters. The van der Waals surface area contributed by atoms with Crippen molar-refractivity contribution in [3.8, 4) is 0 Å². The van der Waals surface area contributed by atoms with Crippen molar-refractivity contribution in [2.24, 2.45) is 11.8 Å². The van der Waals surface area contributed by atoms with E-state index in [1.165, 1.54) is 44.9 Å². The SMILES string of the molecule is CC.CC(C)C[C@H](C)CCCOC1CCCC1. The van der Waals surface area contributed by atoms with Gasteiger partial charge in [0.05, 0.1) is 6.10 Å². The van der Waals surface area contributed by atoms with Crippen LogP contribution in [0.1, 0.15) is 79.6 Å². The lowest BCUT2D eigenvalue weighted by atomic mass is 9.95. The summed E-state index contributed by atoms with van der Waals surface area (Å²) in [6.07, 6.45) is 9.94. The van der Waals surface area contributed by atoms with E-state index in [9.17, 15) is 0 Å². The summed E-state index contributed by atoms with van der Waals surface area (Å²) in [5.74, 6) is 1.72. The first-order chi connectivity index (χ1) is 8.18. The molecule has 0 aliphatic heterocycles. The van der Waals surface area contributed by atoms with Crippen LogP contribution < -0.4 is 0 Å². The summed E-state index contributed by atoms with van der Waals surface area (Å²) in [6, 6.07) is 0. The number of rotatable bonds is 7. The van der Waals surface area contributed by atoms with Crippen molar-refractivity contribution in [1.29, 1.82) is 0 Å². The maximum absolute atomic E-state index is 5.86. The van der Waals surface area contributed by atoms with Crippen LogP contribution in [0.3, 0.4) is 0 Å². The molecule has 1 fully saturated rings. The van der Waals surface area contributed by atoms with Gasteiger partial charge in [0.2, 0.25) is 0 Å². The topological polar surface area (TPSA) is 9.23 Å². The maximum atomic E-state index is 5.86. The molecule has 104 valence electrons. The van der Waals surface area contributed by atoms with E-state index in [1.807, 2.05) is 13.8 Å². The van der Waals surface area contributed by atoms with Gasteiger partial charge in [0.1, 0.15) is 0 Å². The standard InChI is InChI=1S/C14H28O.C2H6/c1-12(2)11-13(3)7-6-10-15-14-8-4-5-9-14;1-2/h12-14H,4-11H2,1-3H3;1-2H3/t13-;/m1./s1. The molecule has 1 saturated carbocycles. The molecule has 1 aliphatic rings. The van der Waals surface area contributed by atoms with Crippen LogP contribution in [0.15, 0.2) is 0 Å². The molecule has 17 heavy (non-hydrogen) atoms. The zero-order valence-corrected chi connectivity index (χ0v) is 12.8. The van der Waals surface area contributed by atoms with Crippen molar-refractivity contribution in [3.63, 3.8) is 0 Å². The molecule has 1 nitrogen and oxygen atoms in total. The van der Waals surface area contributed by atoms with Crippen molar-refractivity contribution >= 4 is 0 Å². The van der Waals surface area contributed by atoms with Gasteiger partial charge in [0.25, 0.3) is 0 Å². The van der Waals surface area contributed by atoms with E-state index < -0.39 is 0 Å². The van der Waals surface area contributed by atoms with Gasteiger partial charge in [-0.25, -0.2) is 0 Å². The van der Waals surface area contributed by atoms with E-state index in [-0.39, 0.29) is 0 Å². The monoisotopic (exact) mass is 242 g/mol. The van der Waals surface area contributed by atoms with Crippen LogP contribution in [0.5, 0.6) is 0 Å². The van der Waals surface area contributed by atoms with Crippen LogP contribution in [0.4, 0.5) is 0 Å². The Morgan fingerprint density at radius 3 is 2.18 bits per heavy atom. The normalized spacial score (nSPS) is 18.0. The third-order valence-electron chi connectivity index (χ3n) is 3.37. The van der Waals surface area contributed by atoms with Crippen LogP contribution in [-0.2, 0) is 4.74 Å². The van der Waals surface area contributed by atoms with Crippen LogP contribution in [0.2, 0.25) is 0 Å². The molecule has 1 rings (SSSR count). The molecule has 0 amide bonds. The highest BCUT2D eigenvalue weighted by molar-refractivity contribution is 4.66. The molecule has 0 radical (unpaired) electrons. The fourth-order valence-electron chi connectivity index (χ4n) is 2.66. The lowest BCUT2D eigenvalue weighted by Gasteiger charge is -2.15. The zero-order chi connectivity index (χ0) is 13.1. The summed E-state index contributed by atoms with van der Waals surface area (Å²) in [6.45, 7) is 12.0. The summed E-state index contributed by atoms with van der Waals surface area (Å²) >= 11 is 0. The van der Waals surface area contributed by atoms with Crippen molar-refractivity contribution in [2.45, 2.75) is 85.7 Å². The minimum absolute atomic E-state index is 0.602. The molecule has 0 aromatic rings. The molecule has 1 aliphatic carbocycles. The Labute approximate surface area is 109 Å². The van der Waals surface area contributed by atoms with Gasteiger partial charge in [-0.1, -0.05) is 47.5 Å². The third-order valence-corrected chi connectivity index (χ3v) is 3.37. The largest absolute Gasteiger partial charge is 0.378 e. The second kappa shape index (κ2) is 11.1. The second-order valence-corrected chi connectivity index (χ2v) is 5.65. The van der Waals surface area contributed by atoms with E-state index in [1.54, 1.807) is 0 Å². The van der Waals surface area contributed by atoms with Crippen LogP contribution in [0.25, 0.3) is 0 Å². The Bertz CT molecular complexity index is 148. The first-order valence-electron chi connectivity index (χ1n) is 7.80. The molecule has 0 spiro atoms. The number of hydrogen-bond acceptors (Lipinski definition) is 1. The molecule has 0 bridgehead atoms. The first-order valence-corrected chi connectivity index (χ1v) is 7.80. The first kappa shape index (κ1) is 17.0. The van der Waals surface area contributed by atoms with E-state index in [0.717, 1.165) is 18.4 Å². The fraction of sp³-hybridized carbons (Fsp3) is 1.00. The van der Waals surface area contributed by atoms with Gasteiger partial charge >= 0.3 is 0 Å². The average molecular weight is 242 g/mol. The van der Waals surface area contributed by atoms with Crippen LogP contribution in [0, 0.1) is 11.8 Å². The van der Waals surface area contributed by atoms with E-state index >= 15 is 0 Å².